The van der Waals surface area contributed by atoms with Gasteiger partial charge in [0.05, 0.1) is 16.2 Å². The molecular weight excluding hydrogens is 433 g/mol. The van der Waals surface area contributed by atoms with E-state index in [0.717, 1.165) is 5.69 Å². The largest absolute Gasteiger partial charge is 0.454 e. The molecule has 0 amide bonds. The van der Waals surface area contributed by atoms with Gasteiger partial charge < -0.3 is 9.30 Å². The minimum Gasteiger partial charge on any atom is -0.454 e. The van der Waals surface area contributed by atoms with Crippen LogP contribution in [0.3, 0.4) is 0 Å². The molecule has 0 N–H and O–H groups in total. The van der Waals surface area contributed by atoms with Crippen LogP contribution in [-0.2, 0) is 14.6 Å². The molecule has 0 fully saturated rings. The zero-order valence-electron chi connectivity index (χ0n) is 18.3. The number of halogens is 1. The molecule has 0 bridgehead atoms. The minimum absolute atomic E-state index is 0.109. The second kappa shape index (κ2) is 9.08. The number of carbonyl (C=O) groups is 2. The van der Waals surface area contributed by atoms with E-state index in [1.807, 2.05) is 0 Å². The highest BCUT2D eigenvalue weighted by Crippen LogP contribution is 2.23. The van der Waals surface area contributed by atoms with Crippen molar-refractivity contribution in [2.45, 2.75) is 32.6 Å². The number of esters is 1. The lowest BCUT2D eigenvalue weighted by molar-refractivity contribution is 0.0471. The lowest BCUT2D eigenvalue weighted by Gasteiger charge is -2.11. The fourth-order valence-corrected chi connectivity index (χ4v) is 4.60. The molecule has 168 valence electrons. The standard InChI is InChI=1S/C24H24FNO5S/c1-5-32(29,30)23-9-7-6-8-19(23)24(28)31-14-22(27)20-12-16(3)26(17(20)4)18-11-10-15(2)21(25)13-18/h6-13H,5,14H2,1-4H3. The Bertz CT molecular complexity index is 1310. The van der Waals surface area contributed by atoms with Crippen LogP contribution in [0.5, 0.6) is 0 Å². The first-order chi connectivity index (χ1) is 15.1. The molecule has 0 saturated heterocycles. The molecule has 3 rings (SSSR count). The number of aromatic nitrogens is 1. The number of ether oxygens (including phenoxy) is 1. The number of hydrogen-bond acceptors (Lipinski definition) is 5. The first-order valence-corrected chi connectivity index (χ1v) is 11.7. The van der Waals surface area contributed by atoms with E-state index in [1.54, 1.807) is 43.5 Å². The first-order valence-electron chi connectivity index (χ1n) is 10.0. The smallest absolute Gasteiger partial charge is 0.339 e. The van der Waals surface area contributed by atoms with E-state index in [1.165, 1.54) is 37.3 Å². The van der Waals surface area contributed by atoms with Crippen molar-refractivity contribution in [2.75, 3.05) is 12.4 Å². The van der Waals surface area contributed by atoms with Gasteiger partial charge in [-0.25, -0.2) is 17.6 Å². The number of aryl methyl sites for hydroxylation is 2. The number of ketones is 1. The van der Waals surface area contributed by atoms with Crippen LogP contribution in [0, 0.1) is 26.6 Å². The number of nitrogens with zero attached hydrogens (tertiary/aromatic N) is 1. The van der Waals surface area contributed by atoms with Gasteiger partial charge in [-0.05, 0) is 56.7 Å². The highest BCUT2D eigenvalue weighted by atomic mass is 32.2. The summed E-state index contributed by atoms with van der Waals surface area (Å²) < 4.78 is 45.4. The topological polar surface area (TPSA) is 82.4 Å². The Balaban J connectivity index is 1.83. The van der Waals surface area contributed by atoms with E-state index >= 15 is 0 Å². The second-order valence-electron chi connectivity index (χ2n) is 7.45. The molecular formula is C24H24FNO5S. The Morgan fingerprint density at radius 1 is 1.00 bits per heavy atom. The van der Waals surface area contributed by atoms with Crippen molar-refractivity contribution in [3.05, 3.63) is 82.4 Å². The molecule has 0 radical (unpaired) electrons. The third-order valence-corrected chi connectivity index (χ3v) is 7.09. The van der Waals surface area contributed by atoms with Crippen molar-refractivity contribution in [3.8, 4) is 5.69 Å². The van der Waals surface area contributed by atoms with Crippen LogP contribution in [0.2, 0.25) is 0 Å². The maximum absolute atomic E-state index is 14.0. The van der Waals surface area contributed by atoms with Gasteiger partial charge in [0.15, 0.2) is 16.4 Å². The van der Waals surface area contributed by atoms with Gasteiger partial charge >= 0.3 is 5.97 Å². The number of hydrogen-bond donors (Lipinski definition) is 0. The summed E-state index contributed by atoms with van der Waals surface area (Å²) in [6.45, 7) is 6.12. The molecule has 0 unspecified atom stereocenters. The molecule has 0 aliphatic heterocycles. The fraction of sp³-hybridized carbons (Fsp3) is 0.250. The molecule has 8 heteroatoms. The van der Waals surface area contributed by atoms with Crippen LogP contribution in [0.15, 0.2) is 53.4 Å². The van der Waals surface area contributed by atoms with Gasteiger partial charge in [0.1, 0.15) is 5.82 Å². The third-order valence-electron chi connectivity index (χ3n) is 5.30. The molecule has 0 saturated carbocycles. The first kappa shape index (κ1) is 23.4. The molecule has 0 spiro atoms. The van der Waals surface area contributed by atoms with Crippen LogP contribution < -0.4 is 0 Å². The highest BCUT2D eigenvalue weighted by Gasteiger charge is 2.23. The van der Waals surface area contributed by atoms with E-state index in [4.69, 9.17) is 4.74 Å². The Morgan fingerprint density at radius 2 is 1.69 bits per heavy atom. The number of carbonyl (C=O) groups excluding carboxylic acids is 2. The van der Waals surface area contributed by atoms with Crippen LogP contribution in [0.4, 0.5) is 4.39 Å². The summed E-state index contributed by atoms with van der Waals surface area (Å²) in [6, 6.07) is 12.2. The summed E-state index contributed by atoms with van der Waals surface area (Å²) in [5.41, 5.74) is 2.64. The van der Waals surface area contributed by atoms with Crippen molar-refractivity contribution in [1.29, 1.82) is 0 Å². The molecule has 1 aromatic heterocycles. The Hall–Kier alpha value is -3.26. The molecule has 6 nitrogen and oxygen atoms in total. The van der Waals surface area contributed by atoms with Crippen molar-refractivity contribution < 1.29 is 27.1 Å². The molecule has 0 atom stereocenters. The van der Waals surface area contributed by atoms with Crippen LogP contribution in [-0.4, -0.2) is 37.1 Å². The van der Waals surface area contributed by atoms with Crippen LogP contribution >= 0.6 is 0 Å². The summed E-state index contributed by atoms with van der Waals surface area (Å²) >= 11 is 0. The zero-order valence-corrected chi connectivity index (χ0v) is 19.1. The summed E-state index contributed by atoms with van der Waals surface area (Å²) in [5, 5.41) is 0. The second-order valence-corrected chi connectivity index (χ2v) is 9.70. The monoisotopic (exact) mass is 457 g/mol. The molecule has 3 aromatic rings. The number of Topliss-reactive ketones (excluding diaryl/α,β-unsaturated/α-hetero) is 1. The summed E-state index contributed by atoms with van der Waals surface area (Å²) in [6.07, 6.45) is 0. The summed E-state index contributed by atoms with van der Waals surface area (Å²) in [5.74, 6) is -1.85. The van der Waals surface area contributed by atoms with Crippen molar-refractivity contribution in [2.24, 2.45) is 0 Å². The quantitative estimate of drug-likeness (QED) is 0.389. The van der Waals surface area contributed by atoms with Crippen LogP contribution in [0.1, 0.15) is 44.6 Å². The molecule has 1 heterocycles. The third kappa shape index (κ3) is 4.50. The summed E-state index contributed by atoms with van der Waals surface area (Å²) in [4.78, 5) is 25.2. The van der Waals surface area contributed by atoms with Gasteiger partial charge in [-0.15, -0.1) is 0 Å². The molecule has 0 aliphatic rings. The molecule has 32 heavy (non-hydrogen) atoms. The molecule has 0 aliphatic carbocycles. The Morgan fingerprint density at radius 3 is 2.34 bits per heavy atom. The maximum Gasteiger partial charge on any atom is 0.339 e. The predicted molar refractivity (Wildman–Crippen MR) is 119 cm³/mol. The lowest BCUT2D eigenvalue weighted by atomic mass is 10.1. The average Bonchev–Trinajstić information content (AvgIpc) is 3.07. The Kier molecular flexibility index (Phi) is 6.64. The van der Waals surface area contributed by atoms with E-state index in [9.17, 15) is 22.4 Å². The predicted octanol–water partition coefficient (Wildman–Crippen LogP) is 4.37. The zero-order chi connectivity index (χ0) is 23.6. The minimum atomic E-state index is -3.63. The number of rotatable bonds is 7. The average molecular weight is 458 g/mol. The van der Waals surface area contributed by atoms with Gasteiger partial charge in [0, 0.05) is 22.6 Å². The van der Waals surface area contributed by atoms with Gasteiger partial charge in [-0.1, -0.05) is 25.1 Å². The van der Waals surface area contributed by atoms with Gasteiger partial charge in [-0.2, -0.15) is 0 Å². The van der Waals surface area contributed by atoms with Crippen LogP contribution in [0.25, 0.3) is 5.69 Å². The fourth-order valence-electron chi connectivity index (χ4n) is 3.51. The highest BCUT2D eigenvalue weighted by molar-refractivity contribution is 7.91. The maximum atomic E-state index is 14.0. The van der Waals surface area contributed by atoms with Gasteiger partial charge in [-0.3, -0.25) is 4.79 Å². The number of sulfone groups is 1. The van der Waals surface area contributed by atoms with E-state index in [2.05, 4.69) is 0 Å². The van der Waals surface area contributed by atoms with E-state index < -0.39 is 28.2 Å². The number of benzene rings is 2. The SMILES string of the molecule is CCS(=O)(=O)c1ccccc1C(=O)OCC(=O)c1cc(C)n(-c2ccc(C)c(F)c2)c1C. The lowest BCUT2D eigenvalue weighted by Crippen LogP contribution is -2.17. The normalized spacial score (nSPS) is 11.4. The molecule has 2 aromatic carbocycles. The van der Waals surface area contributed by atoms with E-state index in [0.29, 0.717) is 22.5 Å². The van der Waals surface area contributed by atoms with Gasteiger partial charge in [0.2, 0.25) is 5.78 Å². The van der Waals surface area contributed by atoms with Crippen molar-refractivity contribution in [1.82, 2.24) is 4.57 Å². The van der Waals surface area contributed by atoms with Gasteiger partial charge in [0.25, 0.3) is 0 Å². The van der Waals surface area contributed by atoms with E-state index in [-0.39, 0.29) is 22.0 Å². The van der Waals surface area contributed by atoms with Crippen molar-refractivity contribution in [3.63, 3.8) is 0 Å². The Labute approximate surface area is 186 Å². The summed E-state index contributed by atoms with van der Waals surface area (Å²) in [7, 11) is -3.63. The van der Waals surface area contributed by atoms with Crippen molar-refractivity contribution >= 4 is 21.6 Å².